The molecular weight excluding hydrogens is 252 g/mol. The minimum atomic E-state index is -0.00856. The van der Waals surface area contributed by atoms with Gasteiger partial charge in [-0.15, -0.1) is 0 Å². The van der Waals surface area contributed by atoms with Crippen molar-refractivity contribution >= 4 is 22.0 Å². The number of aryl methyl sites for hydroxylation is 3. The summed E-state index contributed by atoms with van der Waals surface area (Å²) in [5.74, 6) is 0.670. The summed E-state index contributed by atoms with van der Waals surface area (Å²) in [6.07, 6.45) is 3.77. The first-order valence-corrected chi connectivity index (χ1v) is 7.23. The van der Waals surface area contributed by atoms with Crippen molar-refractivity contribution in [2.45, 2.75) is 39.2 Å². The fourth-order valence-electron chi connectivity index (χ4n) is 3.18. The Hall–Kier alpha value is -2.10. The van der Waals surface area contributed by atoms with Gasteiger partial charge in [-0.3, -0.25) is 4.79 Å². The monoisotopic (exact) mass is 268 g/mol. The lowest BCUT2D eigenvalue weighted by Gasteiger charge is -2.18. The van der Waals surface area contributed by atoms with E-state index in [0.717, 1.165) is 43.1 Å². The largest absolute Gasteiger partial charge is 0.440 e. The number of pyridine rings is 1. The summed E-state index contributed by atoms with van der Waals surface area (Å²) < 4.78 is 7.73. The quantitative estimate of drug-likeness (QED) is 0.717. The van der Waals surface area contributed by atoms with Gasteiger partial charge in [0.2, 0.25) is 0 Å². The number of aromatic nitrogens is 2. The minimum absolute atomic E-state index is 0.00856. The van der Waals surface area contributed by atoms with Crippen molar-refractivity contribution in [1.82, 2.24) is 9.55 Å². The number of rotatable bonds is 2. The smallest absolute Gasteiger partial charge is 0.280 e. The van der Waals surface area contributed by atoms with Crippen LogP contribution in [0.15, 0.2) is 27.4 Å². The van der Waals surface area contributed by atoms with Gasteiger partial charge in [0.1, 0.15) is 0 Å². The number of fused-ring (bicyclic) bond motifs is 2. The highest BCUT2D eigenvalue weighted by atomic mass is 16.3. The second kappa shape index (κ2) is 4.20. The first kappa shape index (κ1) is 11.7. The van der Waals surface area contributed by atoms with Gasteiger partial charge < -0.3 is 8.98 Å². The molecule has 1 aromatic carbocycles. The highest BCUT2D eigenvalue weighted by Crippen LogP contribution is 2.29. The van der Waals surface area contributed by atoms with Crippen LogP contribution in [0.25, 0.3) is 22.0 Å². The third-order valence-electron chi connectivity index (χ3n) is 4.05. The van der Waals surface area contributed by atoms with E-state index in [9.17, 15) is 4.79 Å². The van der Waals surface area contributed by atoms with Crippen LogP contribution in [0, 0.1) is 0 Å². The molecule has 0 N–H and O–H groups in total. The second-order valence-electron chi connectivity index (χ2n) is 5.41. The topological polar surface area (TPSA) is 48.0 Å². The number of hydrogen-bond acceptors (Lipinski definition) is 3. The minimum Gasteiger partial charge on any atom is -0.440 e. The van der Waals surface area contributed by atoms with Gasteiger partial charge in [0.25, 0.3) is 5.56 Å². The maximum Gasteiger partial charge on any atom is 0.280 e. The van der Waals surface area contributed by atoms with Gasteiger partial charge in [0, 0.05) is 18.4 Å². The standard InChI is InChI=1S/C16H16N2O2/c1-2-5-12-17-13-15(20-12)11-8-3-6-10-7-4-9-18(14(10)11)16(13)19/h3,6,8H,2,4-5,7,9H2,1H3. The Bertz CT molecular complexity index is 873. The Labute approximate surface area is 116 Å². The van der Waals surface area contributed by atoms with Crippen LogP contribution in [0.5, 0.6) is 0 Å². The van der Waals surface area contributed by atoms with Crippen LogP contribution in [-0.4, -0.2) is 9.55 Å². The predicted molar refractivity (Wildman–Crippen MR) is 78.1 cm³/mol. The molecule has 4 rings (SSSR count). The molecule has 0 amide bonds. The number of benzene rings is 1. The highest BCUT2D eigenvalue weighted by molar-refractivity contribution is 6.02. The predicted octanol–water partition coefficient (Wildman–Crippen LogP) is 3.04. The molecule has 3 aromatic rings. The van der Waals surface area contributed by atoms with Crippen LogP contribution in [0.1, 0.15) is 31.2 Å². The van der Waals surface area contributed by atoms with Crippen LogP contribution < -0.4 is 5.56 Å². The fraction of sp³-hybridized carbons (Fsp3) is 0.375. The van der Waals surface area contributed by atoms with Crippen molar-refractivity contribution < 1.29 is 4.42 Å². The fourth-order valence-corrected chi connectivity index (χ4v) is 3.18. The summed E-state index contributed by atoms with van der Waals surface area (Å²) in [6.45, 7) is 2.86. The first-order valence-electron chi connectivity index (χ1n) is 7.23. The van der Waals surface area contributed by atoms with E-state index in [1.165, 1.54) is 5.56 Å². The summed E-state index contributed by atoms with van der Waals surface area (Å²) in [4.78, 5) is 17.0. The summed E-state index contributed by atoms with van der Waals surface area (Å²) >= 11 is 0. The van der Waals surface area contributed by atoms with Crippen molar-refractivity contribution in [1.29, 1.82) is 0 Å². The lowest BCUT2D eigenvalue weighted by molar-refractivity contribution is 0.527. The van der Waals surface area contributed by atoms with E-state index in [1.54, 1.807) is 0 Å². The molecule has 4 nitrogen and oxygen atoms in total. The van der Waals surface area contributed by atoms with Gasteiger partial charge in [-0.05, 0) is 30.9 Å². The molecule has 0 unspecified atom stereocenters. The molecule has 1 aliphatic rings. The normalized spacial score (nSPS) is 14.2. The molecule has 3 heterocycles. The van der Waals surface area contributed by atoms with Gasteiger partial charge in [-0.25, -0.2) is 4.98 Å². The van der Waals surface area contributed by atoms with Gasteiger partial charge in [-0.2, -0.15) is 0 Å². The van der Waals surface area contributed by atoms with Gasteiger partial charge in [0.05, 0.1) is 5.52 Å². The Morgan fingerprint density at radius 3 is 3.15 bits per heavy atom. The van der Waals surface area contributed by atoms with E-state index in [0.29, 0.717) is 17.0 Å². The summed E-state index contributed by atoms with van der Waals surface area (Å²) in [5, 5.41) is 1.02. The summed E-state index contributed by atoms with van der Waals surface area (Å²) in [5.41, 5.74) is 3.41. The molecule has 0 bridgehead atoms. The third-order valence-corrected chi connectivity index (χ3v) is 4.05. The number of para-hydroxylation sites is 1. The van der Waals surface area contributed by atoms with Crippen LogP contribution >= 0.6 is 0 Å². The van der Waals surface area contributed by atoms with Crippen LogP contribution in [0.2, 0.25) is 0 Å². The zero-order valence-corrected chi connectivity index (χ0v) is 11.5. The number of nitrogens with zero attached hydrogens (tertiary/aromatic N) is 2. The molecule has 0 saturated carbocycles. The Balaban J connectivity index is 2.19. The summed E-state index contributed by atoms with van der Waals surface area (Å²) in [7, 11) is 0. The van der Waals surface area contributed by atoms with E-state index >= 15 is 0 Å². The average molecular weight is 268 g/mol. The van der Waals surface area contributed by atoms with E-state index in [4.69, 9.17) is 4.42 Å². The van der Waals surface area contributed by atoms with E-state index in [2.05, 4.69) is 18.0 Å². The third kappa shape index (κ3) is 1.48. The van der Waals surface area contributed by atoms with Crippen molar-refractivity contribution in [2.75, 3.05) is 0 Å². The van der Waals surface area contributed by atoms with Crippen molar-refractivity contribution in [3.63, 3.8) is 0 Å². The molecule has 0 radical (unpaired) electrons. The Morgan fingerprint density at radius 2 is 2.30 bits per heavy atom. The van der Waals surface area contributed by atoms with Crippen molar-refractivity contribution in [3.8, 4) is 0 Å². The summed E-state index contributed by atoms with van der Waals surface area (Å²) in [6, 6.07) is 6.18. The lowest BCUT2D eigenvalue weighted by atomic mass is 10.0. The SMILES string of the molecule is CCCc1nc2c(=O)n3c4c(cccc4c2o1)CCC3. The Kier molecular flexibility index (Phi) is 2.46. The van der Waals surface area contributed by atoms with E-state index < -0.39 is 0 Å². The van der Waals surface area contributed by atoms with Gasteiger partial charge in [0.15, 0.2) is 17.0 Å². The average Bonchev–Trinajstić information content (AvgIpc) is 2.89. The molecule has 102 valence electrons. The molecule has 0 fully saturated rings. The van der Waals surface area contributed by atoms with Crippen molar-refractivity contribution in [3.05, 3.63) is 40.0 Å². The molecule has 1 aliphatic heterocycles. The van der Waals surface area contributed by atoms with Crippen molar-refractivity contribution in [2.24, 2.45) is 0 Å². The number of hydrogen-bond donors (Lipinski definition) is 0. The van der Waals surface area contributed by atoms with Gasteiger partial charge >= 0.3 is 0 Å². The molecule has 20 heavy (non-hydrogen) atoms. The molecular formula is C16H16N2O2. The molecule has 0 aliphatic carbocycles. The molecule has 4 heteroatoms. The molecule has 2 aromatic heterocycles. The lowest BCUT2D eigenvalue weighted by Crippen LogP contribution is -2.24. The maximum atomic E-state index is 12.6. The maximum absolute atomic E-state index is 12.6. The van der Waals surface area contributed by atoms with E-state index in [1.807, 2.05) is 16.7 Å². The van der Waals surface area contributed by atoms with E-state index in [-0.39, 0.29) is 5.56 Å². The van der Waals surface area contributed by atoms with Gasteiger partial charge in [-0.1, -0.05) is 19.1 Å². The number of oxazole rings is 1. The zero-order chi connectivity index (χ0) is 13.7. The molecule has 0 spiro atoms. The second-order valence-corrected chi connectivity index (χ2v) is 5.41. The molecule has 0 saturated heterocycles. The van der Waals surface area contributed by atoms with Crippen LogP contribution in [0.4, 0.5) is 0 Å². The molecule has 0 atom stereocenters. The zero-order valence-electron chi connectivity index (χ0n) is 11.5. The Morgan fingerprint density at radius 1 is 1.40 bits per heavy atom. The van der Waals surface area contributed by atoms with Crippen LogP contribution in [-0.2, 0) is 19.4 Å². The first-order chi connectivity index (χ1) is 9.79. The highest BCUT2D eigenvalue weighted by Gasteiger charge is 2.20. The van der Waals surface area contributed by atoms with Crippen LogP contribution in [0.3, 0.4) is 0 Å².